The largest absolute Gasteiger partial charge is 0.456 e. The summed E-state index contributed by atoms with van der Waals surface area (Å²) < 4.78 is 11.3. The highest BCUT2D eigenvalue weighted by atomic mass is 16.3. The van der Waals surface area contributed by atoms with Crippen LogP contribution >= 0.6 is 0 Å². The molecular weight excluding hydrogens is 817 g/mol. The van der Waals surface area contributed by atoms with Gasteiger partial charge < -0.3 is 13.6 Å². The number of para-hydroxylation sites is 4. The number of hydrogen-bond donors (Lipinski definition) is 0. The Morgan fingerprint density at radius 1 is 0.313 bits per heavy atom. The van der Waals surface area contributed by atoms with Crippen molar-refractivity contribution in [2.75, 3.05) is 0 Å². The van der Waals surface area contributed by atoms with Crippen LogP contribution in [0.25, 0.3) is 143 Å². The molecule has 0 saturated carbocycles. The van der Waals surface area contributed by atoms with Crippen molar-refractivity contribution in [3.63, 3.8) is 0 Å². The quantitative estimate of drug-likeness (QED) is 0.177. The van der Waals surface area contributed by atoms with E-state index in [1.807, 2.05) is 24.3 Å². The van der Waals surface area contributed by atoms with E-state index >= 15 is 0 Å². The van der Waals surface area contributed by atoms with Crippen LogP contribution < -0.4 is 0 Å². The highest BCUT2D eigenvalue weighted by Crippen LogP contribution is 2.44. The van der Waals surface area contributed by atoms with Crippen LogP contribution in [0, 0.1) is 0 Å². The summed E-state index contributed by atoms with van der Waals surface area (Å²) in [6.07, 6.45) is 0. The zero-order valence-electron chi connectivity index (χ0n) is 36.0. The Labute approximate surface area is 383 Å². The van der Waals surface area contributed by atoms with E-state index in [2.05, 4.69) is 203 Å². The van der Waals surface area contributed by atoms with Crippen molar-refractivity contribution in [1.82, 2.24) is 19.1 Å². The maximum absolute atomic E-state index is 6.32. The van der Waals surface area contributed by atoms with E-state index in [0.29, 0.717) is 5.82 Å². The van der Waals surface area contributed by atoms with Gasteiger partial charge in [-0.2, -0.15) is 0 Å². The maximum Gasteiger partial charge on any atom is 0.161 e. The molecule has 15 aromatic rings. The fourth-order valence-electron chi connectivity index (χ4n) is 11.2. The van der Waals surface area contributed by atoms with Crippen LogP contribution in [0.2, 0.25) is 0 Å². The average Bonchev–Trinajstić information content (AvgIpc) is 4.05. The van der Waals surface area contributed by atoms with E-state index in [9.17, 15) is 0 Å². The Morgan fingerprint density at radius 2 is 0.955 bits per heavy atom. The first kappa shape index (κ1) is 36.3. The number of aromatic nitrogens is 4. The van der Waals surface area contributed by atoms with Crippen molar-refractivity contribution in [1.29, 1.82) is 0 Å². The molecule has 0 N–H and O–H groups in total. The Bertz CT molecular complexity index is 4590. The lowest BCUT2D eigenvalue weighted by Gasteiger charge is -2.17. The predicted molar refractivity (Wildman–Crippen MR) is 279 cm³/mol. The molecule has 0 radical (unpaired) electrons. The zero-order chi connectivity index (χ0) is 43.7. The first-order chi connectivity index (χ1) is 33.2. The molecule has 15 rings (SSSR count). The molecule has 0 aliphatic rings. The van der Waals surface area contributed by atoms with Crippen LogP contribution in [0.3, 0.4) is 0 Å². The van der Waals surface area contributed by atoms with E-state index in [1.165, 1.54) is 54.1 Å². The van der Waals surface area contributed by atoms with Crippen LogP contribution in [0.1, 0.15) is 0 Å². The molecular formula is C62H36N4O. The molecule has 5 nitrogen and oxygen atoms in total. The summed E-state index contributed by atoms with van der Waals surface area (Å²) in [4.78, 5) is 10.7. The lowest BCUT2D eigenvalue weighted by atomic mass is 9.97. The van der Waals surface area contributed by atoms with Gasteiger partial charge in [0.15, 0.2) is 5.82 Å². The molecule has 0 aliphatic carbocycles. The van der Waals surface area contributed by atoms with E-state index in [-0.39, 0.29) is 0 Å². The number of nitrogens with zero attached hydrogens (tertiary/aromatic N) is 4. The summed E-state index contributed by atoms with van der Waals surface area (Å²) in [6.45, 7) is 0. The topological polar surface area (TPSA) is 48.8 Å². The van der Waals surface area contributed by atoms with Gasteiger partial charge in [0, 0.05) is 59.6 Å². The van der Waals surface area contributed by atoms with Gasteiger partial charge in [-0.3, -0.25) is 0 Å². The van der Waals surface area contributed by atoms with Gasteiger partial charge in [-0.15, -0.1) is 0 Å². The minimum atomic E-state index is 0.667. The standard InChI is InChI=1S/C62H36N4O/c1-2-17-39-37(15-1)31-33-55-59(39)45-22-7-11-27-52(45)65(55)53-28-13-16-38-35-49-42-20-6-10-26-51(42)66(56(49)36-48(38)53)54-34-32-43(40-18-3-4-19-41(40)54)61-44-21-5-9-25-50(44)63-62(64-61)47-24-14-30-58-60(47)46-23-8-12-29-57(46)67-58/h1-36H. The molecule has 4 aromatic heterocycles. The van der Waals surface area contributed by atoms with Gasteiger partial charge in [-0.05, 0) is 82.2 Å². The fourth-order valence-corrected chi connectivity index (χ4v) is 11.2. The molecule has 0 atom stereocenters. The molecule has 0 amide bonds. The normalized spacial score (nSPS) is 12.2. The van der Waals surface area contributed by atoms with Crippen molar-refractivity contribution < 1.29 is 4.42 Å². The van der Waals surface area contributed by atoms with Crippen molar-refractivity contribution in [2.24, 2.45) is 0 Å². The van der Waals surface area contributed by atoms with Gasteiger partial charge in [0.05, 0.1) is 44.7 Å². The summed E-state index contributed by atoms with van der Waals surface area (Å²) in [5, 5.41) is 15.2. The highest BCUT2D eigenvalue weighted by molar-refractivity contribution is 6.23. The SMILES string of the molecule is c1cc(-n2c3ccccc3c3c4ccccc4ccc32)c2cc3c(cc2c1)c1ccccc1n3-c1ccc(-c2nc(-c3cccc4oc5ccccc5c34)nc3ccccc23)c2ccccc12. The lowest BCUT2D eigenvalue weighted by molar-refractivity contribution is 0.669. The minimum absolute atomic E-state index is 0.667. The molecule has 0 aliphatic heterocycles. The Morgan fingerprint density at radius 3 is 1.84 bits per heavy atom. The summed E-state index contributed by atoms with van der Waals surface area (Å²) in [6, 6.07) is 78.6. The highest BCUT2D eigenvalue weighted by Gasteiger charge is 2.22. The average molecular weight is 853 g/mol. The second-order valence-electron chi connectivity index (χ2n) is 17.6. The first-order valence-corrected chi connectivity index (χ1v) is 22.8. The number of benzene rings is 11. The number of hydrogen-bond acceptors (Lipinski definition) is 3. The number of furan rings is 1. The van der Waals surface area contributed by atoms with Gasteiger partial charge in [0.2, 0.25) is 0 Å². The summed E-state index contributed by atoms with van der Waals surface area (Å²) in [5.41, 5.74) is 12.4. The fraction of sp³-hybridized carbons (Fsp3) is 0. The molecule has 0 fully saturated rings. The summed E-state index contributed by atoms with van der Waals surface area (Å²) in [7, 11) is 0. The molecule has 11 aromatic carbocycles. The summed E-state index contributed by atoms with van der Waals surface area (Å²) >= 11 is 0. The molecule has 4 heterocycles. The van der Waals surface area contributed by atoms with E-state index in [1.54, 1.807) is 0 Å². The van der Waals surface area contributed by atoms with Crippen LogP contribution in [0.4, 0.5) is 0 Å². The smallest absolute Gasteiger partial charge is 0.161 e. The second-order valence-corrected chi connectivity index (χ2v) is 17.6. The van der Waals surface area contributed by atoms with E-state index in [0.717, 1.165) is 82.8 Å². The molecule has 0 bridgehead atoms. The van der Waals surface area contributed by atoms with Gasteiger partial charge in [-0.1, -0.05) is 158 Å². The Hall–Kier alpha value is -9.06. The van der Waals surface area contributed by atoms with Crippen molar-refractivity contribution in [2.45, 2.75) is 0 Å². The van der Waals surface area contributed by atoms with Gasteiger partial charge in [0.1, 0.15) is 11.2 Å². The van der Waals surface area contributed by atoms with Gasteiger partial charge in [0.25, 0.3) is 0 Å². The van der Waals surface area contributed by atoms with E-state index < -0.39 is 0 Å². The van der Waals surface area contributed by atoms with Crippen LogP contribution in [-0.4, -0.2) is 19.1 Å². The second kappa shape index (κ2) is 13.7. The predicted octanol–water partition coefficient (Wildman–Crippen LogP) is 16.5. The molecule has 0 unspecified atom stereocenters. The van der Waals surface area contributed by atoms with Gasteiger partial charge in [-0.25, -0.2) is 9.97 Å². The Balaban J connectivity index is 0.982. The van der Waals surface area contributed by atoms with Crippen LogP contribution in [-0.2, 0) is 0 Å². The molecule has 0 saturated heterocycles. The lowest BCUT2D eigenvalue weighted by Crippen LogP contribution is -1.99. The Kier molecular flexibility index (Phi) is 7.44. The van der Waals surface area contributed by atoms with Crippen molar-refractivity contribution in [3.8, 4) is 34.0 Å². The first-order valence-electron chi connectivity index (χ1n) is 22.8. The van der Waals surface area contributed by atoms with Crippen LogP contribution in [0.5, 0.6) is 0 Å². The monoisotopic (exact) mass is 852 g/mol. The molecule has 310 valence electrons. The molecule has 0 spiro atoms. The number of rotatable bonds is 4. The molecule has 5 heteroatoms. The third kappa shape index (κ3) is 5.14. The third-order valence-electron chi connectivity index (χ3n) is 14.1. The van der Waals surface area contributed by atoms with Crippen molar-refractivity contribution >= 4 is 109 Å². The van der Waals surface area contributed by atoms with Gasteiger partial charge >= 0.3 is 0 Å². The van der Waals surface area contributed by atoms with E-state index in [4.69, 9.17) is 14.4 Å². The van der Waals surface area contributed by atoms with Crippen LogP contribution in [0.15, 0.2) is 223 Å². The minimum Gasteiger partial charge on any atom is -0.456 e. The number of fused-ring (bicyclic) bond motifs is 14. The summed E-state index contributed by atoms with van der Waals surface area (Å²) in [5.74, 6) is 0.667. The zero-order valence-corrected chi connectivity index (χ0v) is 36.0. The van der Waals surface area contributed by atoms with Crippen molar-refractivity contribution in [3.05, 3.63) is 218 Å². The molecule has 67 heavy (non-hydrogen) atoms. The third-order valence-corrected chi connectivity index (χ3v) is 14.1. The maximum atomic E-state index is 6.32.